The Balaban J connectivity index is 2.24. The van der Waals surface area contributed by atoms with E-state index >= 15 is 0 Å². The van der Waals surface area contributed by atoms with Gasteiger partial charge in [0.25, 0.3) is 0 Å². The van der Waals surface area contributed by atoms with Gasteiger partial charge in [-0.1, -0.05) is 49.5 Å². The summed E-state index contributed by atoms with van der Waals surface area (Å²) >= 11 is 13.1. The van der Waals surface area contributed by atoms with Gasteiger partial charge in [-0.25, -0.2) is 0 Å². The molecule has 0 saturated carbocycles. The van der Waals surface area contributed by atoms with E-state index in [4.69, 9.17) is 16.3 Å². The maximum atomic E-state index is 6.15. The number of hydrogen-bond acceptors (Lipinski definition) is 2. The minimum Gasteiger partial charge on any atom is -0.456 e. The third-order valence-corrected chi connectivity index (χ3v) is 4.47. The fourth-order valence-corrected chi connectivity index (χ4v) is 3.18. The molecule has 2 nitrogen and oxygen atoms in total. The van der Waals surface area contributed by atoms with E-state index in [1.807, 2.05) is 43.4 Å². The number of rotatable bonds is 4. The van der Waals surface area contributed by atoms with Gasteiger partial charge in [0.1, 0.15) is 11.5 Å². The Bertz CT molecular complexity index is 619. The predicted octanol–water partition coefficient (Wildman–Crippen LogP) is 5.94. The molecule has 2 aromatic rings. The molecule has 20 heavy (non-hydrogen) atoms. The third kappa shape index (κ3) is 3.76. The Morgan fingerprint density at radius 3 is 2.50 bits per heavy atom. The summed E-state index contributed by atoms with van der Waals surface area (Å²) < 4.78 is 7.74. The minimum absolute atomic E-state index is 0.273. The van der Waals surface area contributed by atoms with E-state index in [0.29, 0.717) is 10.8 Å². The molecular formula is C15H14Br2ClNO. The lowest BCUT2D eigenvalue weighted by molar-refractivity contribution is 0.481. The van der Waals surface area contributed by atoms with Crippen molar-refractivity contribution in [1.82, 2.24) is 5.32 Å². The first kappa shape index (κ1) is 15.8. The quantitative estimate of drug-likeness (QED) is 0.662. The van der Waals surface area contributed by atoms with Crippen LogP contribution in [0.1, 0.15) is 18.5 Å². The highest BCUT2D eigenvalue weighted by Gasteiger charge is 2.10. The fraction of sp³-hybridized carbons (Fsp3) is 0.200. The van der Waals surface area contributed by atoms with Crippen LogP contribution in [0, 0.1) is 0 Å². The molecule has 0 aliphatic heterocycles. The molecule has 0 aliphatic carbocycles. The summed E-state index contributed by atoms with van der Waals surface area (Å²) in [4.78, 5) is 0. The second-order valence-electron chi connectivity index (χ2n) is 4.37. The molecule has 1 unspecified atom stereocenters. The molecule has 1 atom stereocenters. The van der Waals surface area contributed by atoms with Crippen molar-refractivity contribution in [2.75, 3.05) is 7.05 Å². The van der Waals surface area contributed by atoms with E-state index < -0.39 is 0 Å². The van der Waals surface area contributed by atoms with Crippen molar-refractivity contribution in [2.45, 2.75) is 13.0 Å². The predicted molar refractivity (Wildman–Crippen MR) is 90.8 cm³/mol. The first-order valence-electron chi connectivity index (χ1n) is 6.11. The summed E-state index contributed by atoms with van der Waals surface area (Å²) in [6.07, 6.45) is 0. The summed E-state index contributed by atoms with van der Waals surface area (Å²) in [6, 6.07) is 11.7. The van der Waals surface area contributed by atoms with Crippen molar-refractivity contribution >= 4 is 43.5 Å². The van der Waals surface area contributed by atoms with Crippen molar-refractivity contribution in [2.24, 2.45) is 0 Å². The summed E-state index contributed by atoms with van der Waals surface area (Å²) in [5, 5.41) is 3.78. The van der Waals surface area contributed by atoms with Crippen LogP contribution < -0.4 is 10.1 Å². The SMILES string of the molecule is CNC(C)c1ccc(Oc2ccc(Br)cc2Cl)cc1Br. The maximum Gasteiger partial charge on any atom is 0.146 e. The van der Waals surface area contributed by atoms with Crippen molar-refractivity contribution < 1.29 is 4.74 Å². The smallest absolute Gasteiger partial charge is 0.146 e. The summed E-state index contributed by atoms with van der Waals surface area (Å²) in [6.45, 7) is 2.10. The molecular weight excluding hydrogens is 405 g/mol. The first-order valence-corrected chi connectivity index (χ1v) is 8.07. The van der Waals surface area contributed by atoms with Gasteiger partial charge in [-0.05, 0) is 49.9 Å². The molecule has 0 spiro atoms. The number of hydrogen-bond donors (Lipinski definition) is 1. The van der Waals surface area contributed by atoms with Crippen LogP contribution in [0.4, 0.5) is 0 Å². The molecule has 0 aromatic heterocycles. The number of ether oxygens (including phenoxy) is 1. The van der Waals surface area contributed by atoms with Gasteiger partial charge >= 0.3 is 0 Å². The molecule has 1 N–H and O–H groups in total. The summed E-state index contributed by atoms with van der Waals surface area (Å²) in [7, 11) is 1.93. The molecule has 0 heterocycles. The highest BCUT2D eigenvalue weighted by Crippen LogP contribution is 2.34. The van der Waals surface area contributed by atoms with E-state index in [1.165, 1.54) is 5.56 Å². The van der Waals surface area contributed by atoms with Crippen LogP contribution in [-0.4, -0.2) is 7.05 Å². The van der Waals surface area contributed by atoms with Crippen LogP contribution in [-0.2, 0) is 0 Å². The first-order chi connectivity index (χ1) is 9.51. The van der Waals surface area contributed by atoms with Gasteiger partial charge in [0.15, 0.2) is 0 Å². The highest BCUT2D eigenvalue weighted by atomic mass is 79.9. The molecule has 0 saturated heterocycles. The van der Waals surface area contributed by atoms with Crippen LogP contribution in [0.25, 0.3) is 0 Å². The van der Waals surface area contributed by atoms with Crippen LogP contribution in [0.2, 0.25) is 5.02 Å². The van der Waals surface area contributed by atoms with E-state index in [0.717, 1.165) is 14.7 Å². The van der Waals surface area contributed by atoms with E-state index in [1.54, 1.807) is 0 Å². The largest absolute Gasteiger partial charge is 0.456 e. The topological polar surface area (TPSA) is 21.3 Å². The van der Waals surface area contributed by atoms with Crippen LogP contribution in [0.5, 0.6) is 11.5 Å². The average molecular weight is 420 g/mol. The van der Waals surface area contributed by atoms with Crippen molar-refractivity contribution in [3.63, 3.8) is 0 Å². The average Bonchev–Trinajstić information content (AvgIpc) is 2.41. The van der Waals surface area contributed by atoms with Gasteiger partial charge in [0.05, 0.1) is 5.02 Å². The van der Waals surface area contributed by atoms with Crippen LogP contribution >= 0.6 is 43.5 Å². The normalized spacial score (nSPS) is 12.2. The van der Waals surface area contributed by atoms with Crippen molar-refractivity contribution in [3.05, 3.63) is 55.9 Å². The Hall–Kier alpha value is -0.550. The van der Waals surface area contributed by atoms with Gasteiger partial charge < -0.3 is 10.1 Å². The van der Waals surface area contributed by atoms with Crippen LogP contribution in [0.15, 0.2) is 45.3 Å². The second kappa shape index (κ2) is 6.94. The van der Waals surface area contributed by atoms with E-state index in [9.17, 15) is 0 Å². The molecule has 0 fully saturated rings. The molecule has 5 heteroatoms. The Labute approximate surface area is 140 Å². The highest BCUT2D eigenvalue weighted by molar-refractivity contribution is 9.10. The van der Waals surface area contributed by atoms with Gasteiger partial charge in [-0.15, -0.1) is 0 Å². The molecule has 0 radical (unpaired) electrons. The van der Waals surface area contributed by atoms with Crippen molar-refractivity contribution in [3.8, 4) is 11.5 Å². The molecule has 0 amide bonds. The Morgan fingerprint density at radius 2 is 1.90 bits per heavy atom. The fourth-order valence-electron chi connectivity index (χ4n) is 1.76. The monoisotopic (exact) mass is 417 g/mol. The maximum absolute atomic E-state index is 6.15. The summed E-state index contributed by atoms with van der Waals surface area (Å²) in [5.74, 6) is 1.38. The Morgan fingerprint density at radius 1 is 1.15 bits per heavy atom. The lowest BCUT2D eigenvalue weighted by Crippen LogP contribution is -2.12. The van der Waals surface area contributed by atoms with Gasteiger partial charge in [0, 0.05) is 15.0 Å². The third-order valence-electron chi connectivity index (χ3n) is 2.99. The number of nitrogens with one attached hydrogen (secondary N) is 1. The zero-order valence-corrected chi connectivity index (χ0v) is 15.0. The minimum atomic E-state index is 0.273. The molecule has 0 aliphatic rings. The van der Waals surface area contributed by atoms with Gasteiger partial charge in [0.2, 0.25) is 0 Å². The lowest BCUT2D eigenvalue weighted by Gasteiger charge is -2.14. The zero-order valence-electron chi connectivity index (χ0n) is 11.1. The molecule has 2 rings (SSSR count). The standard InChI is InChI=1S/C15H14Br2ClNO/c1-9(19-2)12-5-4-11(8-13(12)17)20-15-6-3-10(16)7-14(15)18/h3-9,19H,1-2H3. The van der Waals surface area contributed by atoms with E-state index in [2.05, 4.69) is 44.1 Å². The molecule has 0 bridgehead atoms. The second-order valence-corrected chi connectivity index (χ2v) is 6.55. The Kier molecular flexibility index (Phi) is 5.49. The lowest BCUT2D eigenvalue weighted by atomic mass is 10.1. The summed E-state index contributed by atoms with van der Waals surface area (Å²) in [5.41, 5.74) is 1.18. The van der Waals surface area contributed by atoms with Gasteiger partial charge in [-0.2, -0.15) is 0 Å². The number of benzene rings is 2. The number of halogens is 3. The molecule has 2 aromatic carbocycles. The van der Waals surface area contributed by atoms with Gasteiger partial charge in [-0.3, -0.25) is 0 Å². The molecule has 106 valence electrons. The zero-order chi connectivity index (χ0) is 14.7. The van der Waals surface area contributed by atoms with E-state index in [-0.39, 0.29) is 6.04 Å². The van der Waals surface area contributed by atoms with Crippen molar-refractivity contribution in [1.29, 1.82) is 0 Å². The van der Waals surface area contributed by atoms with Crippen LogP contribution in [0.3, 0.4) is 0 Å².